The average molecular weight is 961 g/mol. The molecule has 2 atom stereocenters. The van der Waals surface area contributed by atoms with E-state index in [9.17, 15) is 0 Å². The molecule has 59 heavy (non-hydrogen) atoms. The largest absolute Gasteiger partial charge is 0.509 e. The fourth-order valence-electron chi connectivity index (χ4n) is 9.19. The number of quaternary nitrogens is 2. The first-order chi connectivity index (χ1) is 27.5. The van der Waals surface area contributed by atoms with Crippen molar-refractivity contribution in [1.82, 2.24) is 18.7 Å². The third-order valence-electron chi connectivity index (χ3n) is 12.8. The molecule has 0 bridgehead atoms. The first-order valence-electron chi connectivity index (χ1n) is 21.1. The summed E-state index contributed by atoms with van der Waals surface area (Å²) in [4.78, 5) is 4.89. The molecule has 0 spiro atoms. The first-order valence-corrected chi connectivity index (χ1v) is 21.1. The molecule has 2 aliphatic rings. The summed E-state index contributed by atoms with van der Waals surface area (Å²) in [5.41, 5.74) is 12.1. The van der Waals surface area contributed by atoms with Crippen molar-refractivity contribution in [2.45, 2.75) is 111 Å². The van der Waals surface area contributed by atoms with Crippen LogP contribution in [0.25, 0.3) is 27.6 Å². The summed E-state index contributed by atoms with van der Waals surface area (Å²) < 4.78 is 10.3. The summed E-state index contributed by atoms with van der Waals surface area (Å²) in [5, 5.41) is 2.27. The fourth-order valence-corrected chi connectivity index (χ4v) is 9.19. The second-order valence-electron chi connectivity index (χ2n) is 19.6. The van der Waals surface area contributed by atoms with Crippen LogP contribution in [0.2, 0.25) is 0 Å². The molecule has 2 aromatic heterocycles. The first kappa shape index (κ1) is 41.2. The van der Waals surface area contributed by atoms with Crippen LogP contribution in [-0.2, 0) is 37.3 Å². The average Bonchev–Trinajstić information content (AvgIpc) is 3.68. The third-order valence-corrected chi connectivity index (χ3v) is 12.8. The topological polar surface area (TPSA) is 27.1 Å². The number of fused-ring (bicyclic) bond motifs is 7. The van der Waals surface area contributed by atoms with E-state index in [1.165, 1.54) is 39.3 Å². The Kier molecular flexibility index (Phi) is 9.98. The van der Waals surface area contributed by atoms with Crippen molar-refractivity contribution in [2.75, 3.05) is 0 Å². The number of nitrogens with zero attached hydrogens (tertiary/aromatic N) is 4. The monoisotopic (exact) mass is 960 g/mol. The predicted octanol–water partition coefficient (Wildman–Crippen LogP) is 14.7. The Morgan fingerprint density at radius 3 is 2.07 bits per heavy atom. The maximum atomic E-state index is 6.90. The van der Waals surface area contributed by atoms with Crippen molar-refractivity contribution in [3.63, 3.8) is 0 Å². The summed E-state index contributed by atoms with van der Waals surface area (Å²) in [5.74, 6) is 2.74. The van der Waals surface area contributed by atoms with E-state index >= 15 is 0 Å². The van der Waals surface area contributed by atoms with Gasteiger partial charge in [0.25, 0.3) is 0 Å². The van der Waals surface area contributed by atoms with E-state index in [0.717, 1.165) is 46.2 Å². The Hall–Kier alpha value is -4.54. The minimum absolute atomic E-state index is 0. The SMILES string of the molecule is CCC(CC)c1ccc2c(c1)[N@@+]1(c3cccc(C(C)(C)C)c3)[CH-][N+]21c1[c-]c(Oc2[c-]c3c(cc2)c2ccccc2n3-c2cc(C(C)(C)C)ccn2)cc(C(C)(C)C)c1.[Pt]. The molecule has 1 unspecified atom stereocenters. The molecule has 9 rings (SSSR count). The molecule has 0 saturated carbocycles. The molecule has 0 radical (unpaired) electrons. The van der Waals surface area contributed by atoms with Gasteiger partial charge in [-0.15, -0.1) is 35.2 Å². The third kappa shape index (κ3) is 6.51. The Bertz CT molecular complexity index is 2740. The van der Waals surface area contributed by atoms with Crippen LogP contribution in [0.1, 0.15) is 117 Å². The Labute approximate surface area is 366 Å². The van der Waals surface area contributed by atoms with E-state index in [0.29, 0.717) is 26.6 Å². The van der Waals surface area contributed by atoms with Gasteiger partial charge in [-0.1, -0.05) is 124 Å². The van der Waals surface area contributed by atoms with E-state index in [4.69, 9.17) is 9.72 Å². The van der Waals surface area contributed by atoms with Crippen LogP contribution >= 0.6 is 0 Å². The summed E-state index contributed by atoms with van der Waals surface area (Å²) in [7, 11) is 0. The van der Waals surface area contributed by atoms with E-state index < -0.39 is 0 Å². The molecule has 0 aliphatic carbocycles. The number of rotatable bonds is 8. The van der Waals surface area contributed by atoms with Crippen LogP contribution in [0.5, 0.6) is 11.5 Å². The van der Waals surface area contributed by atoms with Gasteiger partial charge in [0.05, 0.1) is 5.69 Å². The van der Waals surface area contributed by atoms with Crippen molar-refractivity contribution >= 4 is 44.6 Å². The van der Waals surface area contributed by atoms with Crippen molar-refractivity contribution in [2.24, 2.45) is 0 Å². The molecule has 5 nitrogen and oxygen atoms in total. The van der Waals surface area contributed by atoms with Gasteiger partial charge in [0.1, 0.15) is 5.82 Å². The minimum Gasteiger partial charge on any atom is -0.509 e. The number of hydrogen-bond acceptors (Lipinski definition) is 2. The van der Waals surface area contributed by atoms with E-state index in [1.54, 1.807) is 0 Å². The van der Waals surface area contributed by atoms with Crippen LogP contribution in [0.3, 0.4) is 0 Å². The molecule has 6 heteroatoms. The maximum Gasteiger partial charge on any atom is 0.225 e. The maximum absolute atomic E-state index is 6.90. The van der Waals surface area contributed by atoms with Gasteiger partial charge < -0.3 is 9.30 Å². The van der Waals surface area contributed by atoms with Crippen LogP contribution < -0.4 is 13.9 Å². The summed E-state index contributed by atoms with van der Waals surface area (Å²) >= 11 is 0. The minimum atomic E-state index is -0.130. The van der Waals surface area contributed by atoms with Crippen LogP contribution in [0.15, 0.2) is 109 Å². The summed E-state index contributed by atoms with van der Waals surface area (Å²) in [6.45, 7) is 27.5. The standard InChI is InChI=1S/C53H57N4O.Pt/c1-12-35(13-2)36-21-24-48-49(27-36)56(40-18-16-17-37(28-40)51(3,4)5)34-57(48,56)41-29-39(53(9,10)11)30-43(32-41)58-42-22-23-45-44-19-14-15-20-46(44)55(47(45)33-42)50-31-38(25-26-54-50)52(6,7)8;/h14-31,34-35H,12-13H2,1-11H3;/q-1;/t56-,57?;/m0./s1. The molecule has 4 heterocycles. The zero-order valence-electron chi connectivity index (χ0n) is 36.5. The van der Waals surface area contributed by atoms with Gasteiger partial charge in [0.15, 0.2) is 12.4 Å². The molecule has 1 fully saturated rings. The van der Waals surface area contributed by atoms with E-state index in [1.807, 2.05) is 12.3 Å². The smallest absolute Gasteiger partial charge is 0.225 e. The van der Waals surface area contributed by atoms with Gasteiger partial charge in [-0.2, -0.15) is 10.7 Å². The van der Waals surface area contributed by atoms with Gasteiger partial charge in [-0.3, -0.25) is 0 Å². The van der Waals surface area contributed by atoms with E-state index in [2.05, 4.69) is 197 Å². The molecular formula is C53H57N4OPt-. The van der Waals surface area contributed by atoms with Gasteiger partial charge in [0.2, 0.25) is 11.4 Å². The molecule has 2 aliphatic heterocycles. The quantitative estimate of drug-likeness (QED) is 0.0862. The Morgan fingerprint density at radius 1 is 0.644 bits per heavy atom. The van der Waals surface area contributed by atoms with Crippen molar-refractivity contribution in [3.8, 4) is 17.3 Å². The van der Waals surface area contributed by atoms with Crippen molar-refractivity contribution in [3.05, 3.63) is 150 Å². The number of aromatic nitrogens is 2. The second-order valence-corrected chi connectivity index (χ2v) is 19.6. The van der Waals surface area contributed by atoms with Crippen molar-refractivity contribution < 1.29 is 25.8 Å². The molecular weight excluding hydrogens is 904 g/mol. The zero-order valence-corrected chi connectivity index (χ0v) is 38.7. The van der Waals surface area contributed by atoms with Crippen LogP contribution in [0.4, 0.5) is 22.7 Å². The number of pyridine rings is 1. The number of ether oxygens (including phenoxy) is 1. The van der Waals surface area contributed by atoms with Crippen LogP contribution in [-0.4, -0.2) is 9.55 Å². The number of hydrogen-bond donors (Lipinski definition) is 0. The van der Waals surface area contributed by atoms with Crippen LogP contribution in [0, 0.1) is 18.8 Å². The van der Waals surface area contributed by atoms with E-state index in [-0.39, 0.29) is 37.3 Å². The summed E-state index contributed by atoms with van der Waals surface area (Å²) in [6.07, 6.45) is 4.18. The molecule has 0 N–H and O–H groups in total. The van der Waals surface area contributed by atoms with Gasteiger partial charge in [-0.05, 0) is 75.3 Å². The number of benzene rings is 5. The molecule has 5 aromatic carbocycles. The predicted molar refractivity (Wildman–Crippen MR) is 242 cm³/mol. The van der Waals surface area contributed by atoms with Gasteiger partial charge in [0, 0.05) is 68.5 Å². The second kappa shape index (κ2) is 14.3. The van der Waals surface area contributed by atoms with Gasteiger partial charge >= 0.3 is 0 Å². The Morgan fingerprint density at radius 2 is 1.36 bits per heavy atom. The van der Waals surface area contributed by atoms with Gasteiger partial charge in [-0.25, -0.2) is 9.58 Å². The molecule has 306 valence electrons. The fraction of sp³-hybridized carbons (Fsp3) is 0.321. The zero-order chi connectivity index (χ0) is 41.0. The molecule has 7 aromatic rings. The molecule has 1 saturated heterocycles. The molecule has 0 amide bonds. The Balaban J connectivity index is 0.00000484. The normalized spacial score (nSPS) is 18.6. The number of para-hydroxylation sites is 1. The summed E-state index contributed by atoms with van der Waals surface area (Å²) in [6, 6.07) is 45.6. The van der Waals surface area contributed by atoms with Crippen molar-refractivity contribution in [1.29, 1.82) is 0 Å².